The summed E-state index contributed by atoms with van der Waals surface area (Å²) in [5.41, 5.74) is 0. The van der Waals surface area contributed by atoms with Gasteiger partial charge in [-0.1, -0.05) is 6.55 Å². The first-order valence-electron chi connectivity index (χ1n) is 3.47. The number of hydrogen-bond donors (Lipinski definition) is 0. The summed E-state index contributed by atoms with van der Waals surface area (Å²) in [6.07, 6.45) is -0.729. The molecule has 0 saturated carbocycles. The number of rotatable bonds is 4. The van der Waals surface area contributed by atoms with Crippen molar-refractivity contribution in [2.75, 3.05) is 21.3 Å². The number of nitrogens with zero attached hydrogens (tertiary/aromatic N) is 1. The smallest absolute Gasteiger partial charge is 0.271 e. The average Bonchev–Trinajstić information content (AvgIpc) is 2.05. The van der Waals surface area contributed by atoms with Gasteiger partial charge in [0.05, 0.1) is 0 Å². The molecule has 0 unspecified atom stereocenters. The standard InChI is InChI=1S/C6H15NO3Si/c1-7(11-4)5(8)6(9-2)10-3/h6H,11H2,1-4H3. The van der Waals surface area contributed by atoms with E-state index < -0.39 is 16.0 Å². The minimum Gasteiger partial charge on any atom is -0.374 e. The van der Waals surface area contributed by atoms with Crippen molar-refractivity contribution < 1.29 is 14.3 Å². The van der Waals surface area contributed by atoms with Crippen LogP contribution in [-0.2, 0) is 14.3 Å². The van der Waals surface area contributed by atoms with Crippen LogP contribution in [-0.4, -0.2) is 47.7 Å². The lowest BCUT2D eigenvalue weighted by Crippen LogP contribution is -2.39. The highest BCUT2D eigenvalue weighted by Crippen LogP contribution is 1.95. The highest BCUT2D eigenvalue weighted by Gasteiger charge is 2.19. The summed E-state index contributed by atoms with van der Waals surface area (Å²) in [5.74, 6) is -0.0934. The van der Waals surface area contributed by atoms with Crippen molar-refractivity contribution in [2.24, 2.45) is 0 Å². The summed E-state index contributed by atoms with van der Waals surface area (Å²) in [5, 5.41) is 0. The molecule has 0 rings (SSSR count). The van der Waals surface area contributed by atoms with Gasteiger partial charge in [-0.15, -0.1) is 0 Å². The number of hydrogen-bond acceptors (Lipinski definition) is 3. The highest BCUT2D eigenvalue weighted by molar-refractivity contribution is 6.35. The molecule has 0 aromatic heterocycles. The third-order valence-corrected chi connectivity index (χ3v) is 2.74. The van der Waals surface area contributed by atoms with Gasteiger partial charge in [-0.2, -0.15) is 0 Å². The number of carbonyl (C=O) groups is 1. The van der Waals surface area contributed by atoms with E-state index >= 15 is 0 Å². The Hall–Kier alpha value is -0.393. The van der Waals surface area contributed by atoms with E-state index in [2.05, 4.69) is 0 Å². The Morgan fingerprint density at radius 3 is 2.18 bits per heavy atom. The van der Waals surface area contributed by atoms with Gasteiger partial charge in [0, 0.05) is 21.3 Å². The molecule has 0 N–H and O–H groups in total. The first-order valence-corrected chi connectivity index (χ1v) is 5.52. The van der Waals surface area contributed by atoms with E-state index in [4.69, 9.17) is 9.47 Å². The zero-order valence-electron chi connectivity index (χ0n) is 7.46. The highest BCUT2D eigenvalue weighted by atomic mass is 28.2. The fourth-order valence-corrected chi connectivity index (χ4v) is 1.09. The Kier molecular flexibility index (Phi) is 5.09. The molecule has 0 fully saturated rings. The minimum absolute atomic E-state index is 0.0934. The van der Waals surface area contributed by atoms with Crippen LogP contribution in [0.5, 0.6) is 0 Å². The molecule has 4 nitrogen and oxygen atoms in total. The molecular formula is C6H15NO3Si. The summed E-state index contributed by atoms with van der Waals surface area (Å²) in [7, 11) is 4.23. The fourth-order valence-electron chi connectivity index (χ4n) is 0.634. The second-order valence-corrected chi connectivity index (χ2v) is 3.74. The third kappa shape index (κ3) is 3.00. The number of methoxy groups -OCH3 is 2. The monoisotopic (exact) mass is 177 g/mol. The van der Waals surface area contributed by atoms with E-state index in [1.54, 1.807) is 11.6 Å². The fraction of sp³-hybridized carbons (Fsp3) is 0.833. The summed E-state index contributed by atoms with van der Waals surface area (Å²) < 4.78 is 11.3. The van der Waals surface area contributed by atoms with Gasteiger partial charge in [-0.25, -0.2) is 0 Å². The van der Waals surface area contributed by atoms with Crippen LogP contribution in [0, 0.1) is 0 Å². The van der Waals surface area contributed by atoms with E-state index in [0.29, 0.717) is 0 Å². The maximum Gasteiger partial charge on any atom is 0.271 e. The summed E-state index contributed by atoms with van der Waals surface area (Å²) >= 11 is 0. The maximum atomic E-state index is 11.2. The van der Waals surface area contributed by atoms with Crippen molar-refractivity contribution in [3.63, 3.8) is 0 Å². The Bertz CT molecular complexity index is 127. The first kappa shape index (κ1) is 10.6. The van der Waals surface area contributed by atoms with Crippen molar-refractivity contribution >= 4 is 15.6 Å². The molecule has 0 aliphatic rings. The van der Waals surface area contributed by atoms with Gasteiger partial charge >= 0.3 is 0 Å². The molecule has 0 spiro atoms. The van der Waals surface area contributed by atoms with Crippen LogP contribution >= 0.6 is 0 Å². The second kappa shape index (κ2) is 5.28. The predicted octanol–water partition coefficient (Wildman–Crippen LogP) is -0.804. The number of carbonyl (C=O) groups excluding carboxylic acids is 1. The molecule has 0 heterocycles. The molecule has 0 saturated heterocycles. The number of amides is 1. The van der Waals surface area contributed by atoms with Crippen LogP contribution in [0.4, 0.5) is 0 Å². The quantitative estimate of drug-likeness (QED) is 0.417. The molecule has 0 aromatic rings. The Morgan fingerprint density at radius 1 is 1.45 bits per heavy atom. The molecule has 66 valence electrons. The van der Waals surface area contributed by atoms with Crippen LogP contribution in [0.1, 0.15) is 0 Å². The van der Waals surface area contributed by atoms with Gasteiger partial charge in [-0.3, -0.25) is 4.79 Å². The maximum absolute atomic E-state index is 11.2. The molecule has 11 heavy (non-hydrogen) atoms. The predicted molar refractivity (Wildman–Crippen MR) is 45.0 cm³/mol. The SMILES string of the molecule is COC(OC)C(=O)N(C)[SiH2]C. The van der Waals surface area contributed by atoms with Crippen molar-refractivity contribution in [1.82, 2.24) is 4.57 Å². The Morgan fingerprint density at radius 2 is 1.91 bits per heavy atom. The van der Waals surface area contributed by atoms with Crippen molar-refractivity contribution in [2.45, 2.75) is 12.8 Å². The van der Waals surface area contributed by atoms with E-state index in [9.17, 15) is 4.79 Å². The lowest BCUT2D eigenvalue weighted by Gasteiger charge is -2.19. The zero-order chi connectivity index (χ0) is 8.85. The van der Waals surface area contributed by atoms with E-state index in [0.717, 1.165) is 0 Å². The summed E-state index contributed by atoms with van der Waals surface area (Å²) in [4.78, 5) is 11.2. The summed E-state index contributed by atoms with van der Waals surface area (Å²) in [6.45, 7) is 2.03. The molecule has 0 aromatic carbocycles. The average molecular weight is 177 g/mol. The topological polar surface area (TPSA) is 38.8 Å². The molecular weight excluding hydrogens is 162 g/mol. The van der Waals surface area contributed by atoms with Gasteiger partial charge in [0.25, 0.3) is 5.91 Å². The Balaban J connectivity index is 3.97. The second-order valence-electron chi connectivity index (χ2n) is 2.16. The summed E-state index contributed by atoms with van der Waals surface area (Å²) in [6, 6.07) is 0. The van der Waals surface area contributed by atoms with Crippen molar-refractivity contribution in [3.05, 3.63) is 0 Å². The van der Waals surface area contributed by atoms with Crippen molar-refractivity contribution in [1.29, 1.82) is 0 Å². The van der Waals surface area contributed by atoms with Gasteiger partial charge < -0.3 is 14.0 Å². The van der Waals surface area contributed by atoms with Gasteiger partial charge in [0.2, 0.25) is 6.29 Å². The normalized spacial score (nSPS) is 11.4. The van der Waals surface area contributed by atoms with Crippen LogP contribution in [0.3, 0.4) is 0 Å². The lowest BCUT2D eigenvalue weighted by molar-refractivity contribution is -0.164. The minimum atomic E-state index is -0.729. The molecule has 0 radical (unpaired) electrons. The zero-order valence-corrected chi connectivity index (χ0v) is 8.87. The van der Waals surface area contributed by atoms with Crippen LogP contribution < -0.4 is 0 Å². The molecule has 5 heteroatoms. The van der Waals surface area contributed by atoms with Crippen molar-refractivity contribution in [3.8, 4) is 0 Å². The molecule has 0 aliphatic heterocycles. The van der Waals surface area contributed by atoms with E-state index in [-0.39, 0.29) is 5.91 Å². The molecule has 0 aliphatic carbocycles. The number of likely N-dealkylation sites (N-methyl/N-ethyl adjacent to an activating group) is 1. The Labute approximate surface area is 69.4 Å². The first-order chi connectivity index (χ1) is 5.17. The number of ether oxygens (including phenoxy) is 2. The van der Waals surface area contributed by atoms with E-state index in [1.807, 2.05) is 6.55 Å². The van der Waals surface area contributed by atoms with Gasteiger partial charge in [0.1, 0.15) is 9.68 Å². The van der Waals surface area contributed by atoms with Crippen LogP contribution in [0.25, 0.3) is 0 Å². The van der Waals surface area contributed by atoms with Crippen LogP contribution in [0.2, 0.25) is 6.55 Å². The molecule has 0 bridgehead atoms. The third-order valence-electron chi connectivity index (χ3n) is 1.48. The van der Waals surface area contributed by atoms with Gasteiger partial charge in [-0.05, 0) is 0 Å². The molecule has 0 atom stereocenters. The lowest BCUT2D eigenvalue weighted by atomic mass is 10.6. The largest absolute Gasteiger partial charge is 0.374 e. The molecule has 1 amide bonds. The van der Waals surface area contributed by atoms with Gasteiger partial charge in [0.15, 0.2) is 0 Å². The van der Waals surface area contributed by atoms with Crippen LogP contribution in [0.15, 0.2) is 0 Å². The van der Waals surface area contributed by atoms with E-state index in [1.165, 1.54) is 14.2 Å².